The number of hydrogen-bond donors (Lipinski definition) is 1. The molecule has 0 radical (unpaired) electrons. The summed E-state index contributed by atoms with van der Waals surface area (Å²) in [7, 11) is 0. The zero-order chi connectivity index (χ0) is 20.4. The van der Waals surface area contributed by atoms with Crippen molar-refractivity contribution in [2.24, 2.45) is 23.2 Å². The molecule has 0 spiro atoms. The number of carbonyl (C=O) groups is 2. The lowest BCUT2D eigenvalue weighted by Crippen LogP contribution is -2.44. The van der Waals surface area contributed by atoms with E-state index in [1.54, 1.807) is 6.92 Å². The Labute approximate surface area is 173 Å². The van der Waals surface area contributed by atoms with E-state index >= 15 is 0 Å². The predicted molar refractivity (Wildman–Crippen MR) is 113 cm³/mol. The monoisotopic (exact) mass is 390 g/mol. The van der Waals surface area contributed by atoms with Crippen molar-refractivity contribution < 1.29 is 14.7 Å². The van der Waals surface area contributed by atoms with Gasteiger partial charge >= 0.3 is 0 Å². The van der Waals surface area contributed by atoms with Crippen LogP contribution in [0.15, 0.2) is 58.7 Å². The van der Waals surface area contributed by atoms with E-state index in [1.807, 2.05) is 24.3 Å². The SMILES string of the molecule is CC1(O)C=CC=C(C2CC3(C)C(=O)CCC3C3CCC4=CC(=O)CCC4=C23)C=C1. The van der Waals surface area contributed by atoms with Gasteiger partial charge in [0.2, 0.25) is 0 Å². The number of aliphatic hydroxyl groups is 1. The molecule has 152 valence electrons. The number of carbonyl (C=O) groups excluding carboxylic acids is 2. The number of Topliss-reactive ketones (excluding diaryl/α,β-unsaturated/α-hetero) is 1. The normalized spacial score (nSPS) is 41.4. The van der Waals surface area contributed by atoms with Gasteiger partial charge in [0, 0.05) is 24.2 Å². The Balaban J connectivity index is 1.66. The van der Waals surface area contributed by atoms with Crippen molar-refractivity contribution in [2.75, 3.05) is 0 Å². The van der Waals surface area contributed by atoms with Crippen molar-refractivity contribution in [1.29, 1.82) is 0 Å². The van der Waals surface area contributed by atoms with E-state index in [9.17, 15) is 14.7 Å². The van der Waals surface area contributed by atoms with E-state index in [0.717, 1.165) is 32.1 Å². The highest BCUT2D eigenvalue weighted by Crippen LogP contribution is 2.61. The largest absolute Gasteiger partial charge is 0.382 e. The Morgan fingerprint density at radius 1 is 1.03 bits per heavy atom. The van der Waals surface area contributed by atoms with Crippen LogP contribution in [0.3, 0.4) is 0 Å². The van der Waals surface area contributed by atoms with Crippen LogP contribution in [0, 0.1) is 23.2 Å². The van der Waals surface area contributed by atoms with Gasteiger partial charge in [-0.2, -0.15) is 0 Å². The second kappa shape index (κ2) is 6.50. The van der Waals surface area contributed by atoms with Gasteiger partial charge in [-0.1, -0.05) is 30.7 Å². The summed E-state index contributed by atoms with van der Waals surface area (Å²) in [5.74, 6) is 1.74. The first-order valence-corrected chi connectivity index (χ1v) is 11.1. The fourth-order valence-corrected chi connectivity index (χ4v) is 6.69. The fraction of sp³-hybridized carbons (Fsp3) is 0.538. The molecule has 3 nitrogen and oxygen atoms in total. The Morgan fingerprint density at radius 2 is 1.86 bits per heavy atom. The molecule has 0 aromatic carbocycles. The number of fused-ring (bicyclic) bond motifs is 4. The van der Waals surface area contributed by atoms with Crippen LogP contribution in [0.4, 0.5) is 0 Å². The molecule has 5 rings (SSSR count). The van der Waals surface area contributed by atoms with Crippen molar-refractivity contribution in [3.8, 4) is 0 Å². The van der Waals surface area contributed by atoms with Crippen molar-refractivity contribution in [3.63, 3.8) is 0 Å². The molecule has 0 aromatic rings. The minimum atomic E-state index is -0.950. The van der Waals surface area contributed by atoms with Crippen LogP contribution in [0.25, 0.3) is 0 Å². The van der Waals surface area contributed by atoms with Crippen LogP contribution in [0.2, 0.25) is 0 Å². The molecular weight excluding hydrogens is 360 g/mol. The van der Waals surface area contributed by atoms with Crippen LogP contribution >= 0.6 is 0 Å². The van der Waals surface area contributed by atoms with Crippen LogP contribution in [-0.4, -0.2) is 22.3 Å². The molecule has 0 heterocycles. The van der Waals surface area contributed by atoms with E-state index in [4.69, 9.17) is 0 Å². The zero-order valence-corrected chi connectivity index (χ0v) is 17.4. The zero-order valence-electron chi connectivity index (χ0n) is 17.4. The quantitative estimate of drug-likeness (QED) is 0.700. The number of allylic oxidation sites excluding steroid dienone is 8. The van der Waals surface area contributed by atoms with Crippen molar-refractivity contribution >= 4 is 11.6 Å². The summed E-state index contributed by atoms with van der Waals surface area (Å²) in [6.07, 6.45) is 17.7. The lowest BCUT2D eigenvalue weighted by Gasteiger charge is -2.50. The highest BCUT2D eigenvalue weighted by Gasteiger charge is 2.56. The van der Waals surface area contributed by atoms with Crippen LogP contribution in [0.1, 0.15) is 58.8 Å². The lowest BCUT2D eigenvalue weighted by atomic mass is 9.53. The van der Waals surface area contributed by atoms with Crippen molar-refractivity contribution in [1.82, 2.24) is 0 Å². The molecule has 0 bridgehead atoms. The molecule has 5 unspecified atom stereocenters. The second-order valence-corrected chi connectivity index (χ2v) is 10.0. The van der Waals surface area contributed by atoms with Gasteiger partial charge < -0.3 is 5.11 Å². The number of hydrogen-bond acceptors (Lipinski definition) is 3. The lowest BCUT2D eigenvalue weighted by molar-refractivity contribution is -0.128. The number of rotatable bonds is 1. The minimum Gasteiger partial charge on any atom is -0.382 e. The molecule has 29 heavy (non-hydrogen) atoms. The number of ketones is 2. The predicted octanol–water partition coefficient (Wildman–Crippen LogP) is 4.79. The highest BCUT2D eigenvalue weighted by atomic mass is 16.3. The third-order valence-corrected chi connectivity index (χ3v) is 8.18. The van der Waals surface area contributed by atoms with Gasteiger partial charge in [0.25, 0.3) is 0 Å². The minimum absolute atomic E-state index is 0.185. The standard InChI is InChI=1S/C26H30O3/c1-25(29)12-3-4-16(11-13-25)21-15-26(2)22(9-10-23(26)28)20-7-5-17-14-18(27)6-8-19(17)24(20)21/h3-4,11-14,20-22,29H,5-10,15H2,1-2H3. The van der Waals surface area contributed by atoms with E-state index in [0.29, 0.717) is 30.5 Å². The molecule has 5 aliphatic rings. The molecule has 2 saturated carbocycles. The van der Waals surface area contributed by atoms with Gasteiger partial charge in [-0.25, -0.2) is 0 Å². The Bertz CT molecular complexity index is 939. The summed E-state index contributed by atoms with van der Waals surface area (Å²) < 4.78 is 0. The average molecular weight is 391 g/mol. The first-order chi connectivity index (χ1) is 13.8. The van der Waals surface area contributed by atoms with E-state index in [2.05, 4.69) is 19.1 Å². The molecule has 5 atom stereocenters. The van der Waals surface area contributed by atoms with Gasteiger partial charge in [0.05, 0.1) is 5.60 Å². The Kier molecular flexibility index (Phi) is 4.26. The van der Waals surface area contributed by atoms with E-state index in [-0.39, 0.29) is 17.1 Å². The summed E-state index contributed by atoms with van der Waals surface area (Å²) >= 11 is 0. The summed E-state index contributed by atoms with van der Waals surface area (Å²) in [6, 6.07) is 0. The van der Waals surface area contributed by atoms with Crippen molar-refractivity contribution in [2.45, 2.75) is 64.4 Å². The maximum atomic E-state index is 13.0. The van der Waals surface area contributed by atoms with Gasteiger partial charge in [-0.05, 0) is 85.8 Å². The molecule has 3 heteroatoms. The highest BCUT2D eigenvalue weighted by molar-refractivity contribution is 5.93. The first kappa shape index (κ1) is 19.0. The maximum Gasteiger partial charge on any atom is 0.156 e. The van der Waals surface area contributed by atoms with Crippen LogP contribution in [-0.2, 0) is 9.59 Å². The van der Waals surface area contributed by atoms with Gasteiger partial charge in [-0.3, -0.25) is 9.59 Å². The first-order valence-electron chi connectivity index (χ1n) is 11.1. The Hall–Kier alpha value is -2.00. The Morgan fingerprint density at radius 3 is 2.69 bits per heavy atom. The average Bonchev–Trinajstić information content (AvgIpc) is 2.85. The molecule has 5 aliphatic carbocycles. The maximum absolute atomic E-state index is 13.0. The smallest absolute Gasteiger partial charge is 0.156 e. The van der Waals surface area contributed by atoms with Gasteiger partial charge in [0.1, 0.15) is 5.78 Å². The molecule has 0 aromatic heterocycles. The summed E-state index contributed by atoms with van der Waals surface area (Å²) in [5.41, 5.74) is 4.13. The molecule has 0 amide bonds. The van der Waals surface area contributed by atoms with Crippen LogP contribution < -0.4 is 0 Å². The molecule has 1 N–H and O–H groups in total. The molecule has 2 fully saturated rings. The molecular formula is C26H30O3. The van der Waals surface area contributed by atoms with E-state index in [1.165, 1.54) is 22.3 Å². The van der Waals surface area contributed by atoms with Gasteiger partial charge in [-0.15, -0.1) is 0 Å². The second-order valence-electron chi connectivity index (χ2n) is 10.0. The van der Waals surface area contributed by atoms with Crippen molar-refractivity contribution in [3.05, 3.63) is 58.7 Å². The third-order valence-electron chi connectivity index (χ3n) is 8.18. The third kappa shape index (κ3) is 2.97. The topological polar surface area (TPSA) is 54.4 Å². The molecule has 0 aliphatic heterocycles. The van der Waals surface area contributed by atoms with Gasteiger partial charge in [0.15, 0.2) is 5.78 Å². The van der Waals surface area contributed by atoms with E-state index < -0.39 is 5.60 Å². The van der Waals surface area contributed by atoms with Crippen LogP contribution in [0.5, 0.6) is 0 Å². The molecule has 0 saturated heterocycles. The summed E-state index contributed by atoms with van der Waals surface area (Å²) in [4.78, 5) is 25.0. The summed E-state index contributed by atoms with van der Waals surface area (Å²) in [6.45, 7) is 3.98. The summed E-state index contributed by atoms with van der Waals surface area (Å²) in [5, 5.41) is 10.4. The fourth-order valence-electron chi connectivity index (χ4n) is 6.69.